The van der Waals surface area contributed by atoms with E-state index in [1.165, 1.54) is 0 Å². The van der Waals surface area contributed by atoms with Crippen LogP contribution in [0.25, 0.3) is 0 Å². The minimum atomic E-state index is -2.77. The van der Waals surface area contributed by atoms with Crippen LogP contribution in [0.2, 0.25) is 0 Å². The number of carbonyl (C=O) groups is 2. The van der Waals surface area contributed by atoms with E-state index in [0.29, 0.717) is 0 Å². The van der Waals surface area contributed by atoms with E-state index in [0.717, 1.165) is 4.90 Å². The maximum atomic E-state index is 12.7. The van der Waals surface area contributed by atoms with Crippen molar-refractivity contribution in [3.05, 3.63) is 0 Å². The van der Waals surface area contributed by atoms with Crippen LogP contribution in [0.5, 0.6) is 0 Å². The van der Waals surface area contributed by atoms with Gasteiger partial charge in [-0.25, -0.2) is 13.6 Å². The van der Waals surface area contributed by atoms with E-state index < -0.39 is 35.9 Å². The monoisotopic (exact) mass is 265 g/mol. The molecule has 1 amide bonds. The highest BCUT2D eigenvalue weighted by Gasteiger charge is 2.45. The normalized spacial score (nSPS) is 24.4. The molecule has 0 unspecified atom stereocenters. The lowest BCUT2D eigenvalue weighted by atomic mass is 9.97. The third kappa shape index (κ3) is 3.54. The Kier molecular flexibility index (Phi) is 4.13. The average molecular weight is 265 g/mol. The second-order valence-corrected chi connectivity index (χ2v) is 5.33. The lowest BCUT2D eigenvalue weighted by Gasteiger charge is -2.24. The van der Waals surface area contributed by atoms with Gasteiger partial charge in [0.25, 0.3) is 0 Å². The predicted octanol–water partition coefficient (Wildman–Crippen LogP) is 1.82. The summed E-state index contributed by atoms with van der Waals surface area (Å²) in [5.74, 6) is -3.89. The summed E-state index contributed by atoms with van der Waals surface area (Å²) in [6.07, 6.45) is -3.52. The van der Waals surface area contributed by atoms with Crippen molar-refractivity contribution in [1.29, 1.82) is 0 Å². The number of aliphatic carboxylic acids is 1. The Labute approximate surface area is 104 Å². The Morgan fingerprint density at radius 1 is 1.33 bits per heavy atom. The van der Waals surface area contributed by atoms with E-state index in [1.54, 1.807) is 20.8 Å². The van der Waals surface area contributed by atoms with E-state index in [-0.39, 0.29) is 13.1 Å². The highest BCUT2D eigenvalue weighted by Crippen LogP contribution is 2.30. The molecule has 0 aromatic carbocycles. The molecule has 0 spiro atoms. The largest absolute Gasteiger partial charge is 0.481 e. The maximum absolute atomic E-state index is 12.7. The number of halogens is 2. The topological polar surface area (TPSA) is 66.8 Å². The fourth-order valence-electron chi connectivity index (χ4n) is 1.82. The first kappa shape index (κ1) is 14.7. The molecule has 18 heavy (non-hydrogen) atoms. The van der Waals surface area contributed by atoms with Crippen molar-refractivity contribution in [1.82, 2.24) is 4.90 Å². The van der Waals surface area contributed by atoms with Gasteiger partial charge in [0.2, 0.25) is 6.43 Å². The van der Waals surface area contributed by atoms with E-state index in [1.807, 2.05) is 0 Å². The zero-order chi connectivity index (χ0) is 14.1. The smallest absolute Gasteiger partial charge is 0.410 e. The van der Waals surface area contributed by atoms with Crippen molar-refractivity contribution < 1.29 is 28.2 Å². The quantitative estimate of drug-likeness (QED) is 0.827. The Morgan fingerprint density at radius 3 is 2.22 bits per heavy atom. The summed E-state index contributed by atoms with van der Waals surface area (Å²) in [5, 5.41) is 8.85. The van der Waals surface area contributed by atoms with Crippen molar-refractivity contribution in [2.24, 2.45) is 11.8 Å². The molecular formula is C11H17F2NO4. The molecule has 1 aliphatic rings. The van der Waals surface area contributed by atoms with E-state index in [2.05, 4.69) is 0 Å². The number of amides is 1. The van der Waals surface area contributed by atoms with Crippen LogP contribution in [-0.2, 0) is 9.53 Å². The molecule has 0 aliphatic carbocycles. The van der Waals surface area contributed by atoms with Gasteiger partial charge >= 0.3 is 12.1 Å². The summed E-state index contributed by atoms with van der Waals surface area (Å²) in [6, 6.07) is 0. The Bertz CT molecular complexity index is 340. The lowest BCUT2D eigenvalue weighted by Crippen LogP contribution is -2.36. The van der Waals surface area contributed by atoms with Gasteiger partial charge in [0, 0.05) is 13.1 Å². The van der Waals surface area contributed by atoms with E-state index in [4.69, 9.17) is 9.84 Å². The van der Waals surface area contributed by atoms with Crippen molar-refractivity contribution >= 4 is 12.1 Å². The van der Waals surface area contributed by atoms with Crippen molar-refractivity contribution in [3.63, 3.8) is 0 Å². The molecule has 1 heterocycles. The van der Waals surface area contributed by atoms with Crippen LogP contribution in [-0.4, -0.2) is 47.2 Å². The van der Waals surface area contributed by atoms with Crippen LogP contribution >= 0.6 is 0 Å². The molecule has 104 valence electrons. The Hall–Kier alpha value is -1.40. The molecule has 1 fully saturated rings. The summed E-state index contributed by atoms with van der Waals surface area (Å²) in [6.45, 7) is 4.43. The number of alkyl halides is 2. The van der Waals surface area contributed by atoms with Crippen molar-refractivity contribution in [2.45, 2.75) is 32.8 Å². The third-order valence-corrected chi connectivity index (χ3v) is 2.66. The number of nitrogens with zero attached hydrogens (tertiary/aromatic N) is 1. The Morgan fingerprint density at radius 2 is 1.89 bits per heavy atom. The van der Waals surface area contributed by atoms with Gasteiger partial charge in [0.1, 0.15) is 5.60 Å². The molecule has 2 atom stereocenters. The standard InChI is InChI=1S/C11H17F2NO4/c1-11(2,3)18-10(17)14-4-6(8(12)13)7(5-14)9(15)16/h6-8H,4-5H2,1-3H3,(H,15,16)/t6-,7+/m1/s1. The molecule has 7 heteroatoms. The second kappa shape index (κ2) is 5.07. The summed E-state index contributed by atoms with van der Waals surface area (Å²) in [5.41, 5.74) is -0.737. The SMILES string of the molecule is CC(C)(C)OC(=O)N1C[C@H](C(=O)O)[C@H](C(F)F)C1. The molecule has 0 saturated carbocycles. The number of rotatable bonds is 2. The molecule has 0 aromatic rings. The molecule has 1 saturated heterocycles. The van der Waals surface area contributed by atoms with E-state index >= 15 is 0 Å². The molecule has 0 radical (unpaired) electrons. The van der Waals surface area contributed by atoms with Gasteiger partial charge in [-0.15, -0.1) is 0 Å². The number of carbonyl (C=O) groups excluding carboxylic acids is 1. The van der Waals surface area contributed by atoms with Gasteiger partial charge in [-0.05, 0) is 20.8 Å². The number of hydrogen-bond donors (Lipinski definition) is 1. The zero-order valence-electron chi connectivity index (χ0n) is 10.5. The molecule has 0 aromatic heterocycles. The van der Waals surface area contributed by atoms with Crippen LogP contribution in [0.15, 0.2) is 0 Å². The van der Waals surface area contributed by atoms with E-state index in [9.17, 15) is 18.4 Å². The fraction of sp³-hybridized carbons (Fsp3) is 0.818. The third-order valence-electron chi connectivity index (χ3n) is 2.66. The first-order chi connectivity index (χ1) is 8.11. The average Bonchev–Trinajstić information content (AvgIpc) is 2.58. The maximum Gasteiger partial charge on any atom is 0.410 e. The van der Waals surface area contributed by atoms with Crippen LogP contribution in [0.3, 0.4) is 0 Å². The van der Waals surface area contributed by atoms with Gasteiger partial charge in [0.05, 0.1) is 11.8 Å². The van der Waals surface area contributed by atoms with Crippen LogP contribution in [0.4, 0.5) is 13.6 Å². The number of carboxylic acids is 1. The predicted molar refractivity (Wildman–Crippen MR) is 58.4 cm³/mol. The van der Waals surface area contributed by atoms with Crippen molar-refractivity contribution in [2.75, 3.05) is 13.1 Å². The Balaban J connectivity index is 2.72. The first-order valence-electron chi connectivity index (χ1n) is 5.60. The molecular weight excluding hydrogens is 248 g/mol. The highest BCUT2D eigenvalue weighted by atomic mass is 19.3. The lowest BCUT2D eigenvalue weighted by molar-refractivity contribution is -0.144. The van der Waals surface area contributed by atoms with Crippen LogP contribution in [0.1, 0.15) is 20.8 Å². The number of likely N-dealkylation sites (tertiary alicyclic amines) is 1. The van der Waals surface area contributed by atoms with Gasteiger partial charge in [-0.2, -0.15) is 0 Å². The number of ether oxygens (including phenoxy) is 1. The summed E-state index contributed by atoms with van der Waals surface area (Å²) >= 11 is 0. The summed E-state index contributed by atoms with van der Waals surface area (Å²) in [4.78, 5) is 23.5. The van der Waals surface area contributed by atoms with Crippen molar-refractivity contribution in [3.8, 4) is 0 Å². The molecule has 1 rings (SSSR count). The van der Waals surface area contributed by atoms with Crippen LogP contribution in [0, 0.1) is 11.8 Å². The van der Waals surface area contributed by atoms with Gasteiger partial charge in [-0.3, -0.25) is 4.79 Å². The minimum Gasteiger partial charge on any atom is -0.481 e. The van der Waals surface area contributed by atoms with Crippen LogP contribution < -0.4 is 0 Å². The fourth-order valence-corrected chi connectivity index (χ4v) is 1.82. The molecule has 1 aliphatic heterocycles. The molecule has 0 bridgehead atoms. The number of hydrogen-bond acceptors (Lipinski definition) is 3. The zero-order valence-corrected chi connectivity index (χ0v) is 10.5. The highest BCUT2D eigenvalue weighted by molar-refractivity contribution is 5.74. The van der Waals surface area contributed by atoms with Gasteiger partial charge in [-0.1, -0.05) is 0 Å². The number of carboxylic acid groups (broad SMARTS) is 1. The second-order valence-electron chi connectivity index (χ2n) is 5.33. The molecule has 1 N–H and O–H groups in total. The minimum absolute atomic E-state index is 0.237. The summed E-state index contributed by atoms with van der Waals surface area (Å²) in [7, 11) is 0. The first-order valence-corrected chi connectivity index (χ1v) is 5.60. The van der Waals surface area contributed by atoms with Gasteiger partial charge in [0.15, 0.2) is 0 Å². The summed E-state index contributed by atoms with van der Waals surface area (Å²) < 4.78 is 30.4. The molecule has 5 nitrogen and oxygen atoms in total. The van der Waals surface area contributed by atoms with Gasteiger partial charge < -0.3 is 14.7 Å².